The van der Waals surface area contributed by atoms with Crippen LogP contribution in [0.2, 0.25) is 0 Å². The van der Waals surface area contributed by atoms with Crippen molar-refractivity contribution in [2.75, 3.05) is 19.7 Å². The summed E-state index contributed by atoms with van der Waals surface area (Å²) in [6, 6.07) is 5.87. The first-order valence-electron chi connectivity index (χ1n) is 7.42. The number of morpholine rings is 1. The van der Waals surface area contributed by atoms with E-state index in [1.807, 2.05) is 12.1 Å². The van der Waals surface area contributed by atoms with E-state index in [2.05, 4.69) is 11.8 Å². The number of hydrogen-bond acceptors (Lipinski definition) is 3. The van der Waals surface area contributed by atoms with E-state index in [4.69, 9.17) is 9.84 Å². The normalized spacial score (nSPS) is 25.9. The Hall–Kier alpha value is -1.39. The fraction of sp³-hybridized carbons (Fsp3) is 0.562. The van der Waals surface area contributed by atoms with Crippen molar-refractivity contribution in [3.8, 4) is 0 Å². The lowest BCUT2D eigenvalue weighted by atomic mass is 9.83. The van der Waals surface area contributed by atoms with Crippen molar-refractivity contribution >= 4 is 5.97 Å². The molecule has 0 spiro atoms. The number of aromatic carboxylic acids is 1. The minimum Gasteiger partial charge on any atom is -0.478 e. The van der Waals surface area contributed by atoms with Crippen LogP contribution in [0.5, 0.6) is 0 Å². The molecule has 0 aromatic heterocycles. The lowest BCUT2D eigenvalue weighted by molar-refractivity contribution is -0.0801. The number of carboxylic acids is 1. The molecule has 0 bridgehead atoms. The molecule has 1 fully saturated rings. The van der Waals surface area contributed by atoms with E-state index in [-0.39, 0.29) is 6.10 Å². The van der Waals surface area contributed by atoms with Crippen molar-refractivity contribution in [3.05, 3.63) is 34.9 Å². The van der Waals surface area contributed by atoms with Crippen LogP contribution in [0.3, 0.4) is 0 Å². The average molecular weight is 275 g/mol. The number of nitrogens with zero attached hydrogens (tertiary/aromatic N) is 1. The standard InChI is InChI=1S/C16H21NO3/c1-2-7-17-8-9-20-15-13-10-12(16(18)19)4-3-11(13)5-6-14(15)17/h3-4,10,14-15H,2,5-9H2,1H3,(H,18,19)/t14-,15-/m1/s1. The Balaban J connectivity index is 1.93. The summed E-state index contributed by atoms with van der Waals surface area (Å²) in [5.41, 5.74) is 2.69. The number of aryl methyl sites for hydroxylation is 1. The van der Waals surface area contributed by atoms with Gasteiger partial charge in [-0.1, -0.05) is 13.0 Å². The molecule has 1 aliphatic heterocycles. The van der Waals surface area contributed by atoms with E-state index >= 15 is 0 Å². The highest BCUT2D eigenvalue weighted by Crippen LogP contribution is 2.38. The molecule has 1 aromatic carbocycles. The molecule has 3 rings (SSSR count). The van der Waals surface area contributed by atoms with Gasteiger partial charge in [-0.15, -0.1) is 0 Å². The second-order valence-corrected chi connectivity index (χ2v) is 5.65. The van der Waals surface area contributed by atoms with E-state index in [0.29, 0.717) is 11.6 Å². The molecular formula is C16H21NO3. The van der Waals surface area contributed by atoms with Crippen LogP contribution in [0.1, 0.15) is 47.4 Å². The van der Waals surface area contributed by atoms with Gasteiger partial charge in [-0.05, 0) is 49.1 Å². The maximum atomic E-state index is 11.2. The number of benzene rings is 1. The molecule has 1 aliphatic carbocycles. The maximum absolute atomic E-state index is 11.2. The van der Waals surface area contributed by atoms with Crippen molar-refractivity contribution < 1.29 is 14.6 Å². The minimum absolute atomic E-state index is 0.0401. The summed E-state index contributed by atoms with van der Waals surface area (Å²) in [4.78, 5) is 13.7. The van der Waals surface area contributed by atoms with Crippen molar-refractivity contribution in [3.63, 3.8) is 0 Å². The van der Waals surface area contributed by atoms with Gasteiger partial charge in [0, 0.05) is 12.6 Å². The summed E-state index contributed by atoms with van der Waals surface area (Å²) in [7, 11) is 0. The molecule has 0 amide bonds. The average Bonchev–Trinajstić information content (AvgIpc) is 2.47. The van der Waals surface area contributed by atoms with Crippen molar-refractivity contribution in [1.82, 2.24) is 4.90 Å². The monoisotopic (exact) mass is 275 g/mol. The van der Waals surface area contributed by atoms with Gasteiger partial charge in [0.1, 0.15) is 0 Å². The Morgan fingerprint density at radius 1 is 1.50 bits per heavy atom. The number of rotatable bonds is 3. The minimum atomic E-state index is -0.865. The van der Waals surface area contributed by atoms with Gasteiger partial charge in [0.15, 0.2) is 0 Å². The smallest absolute Gasteiger partial charge is 0.335 e. The van der Waals surface area contributed by atoms with Crippen LogP contribution in [0.15, 0.2) is 18.2 Å². The van der Waals surface area contributed by atoms with E-state index in [0.717, 1.165) is 44.5 Å². The molecule has 2 aliphatic rings. The fourth-order valence-corrected chi connectivity index (χ4v) is 3.49. The molecular weight excluding hydrogens is 254 g/mol. The molecule has 1 heterocycles. The van der Waals surface area contributed by atoms with E-state index in [1.54, 1.807) is 6.07 Å². The number of hydrogen-bond donors (Lipinski definition) is 1. The van der Waals surface area contributed by atoms with E-state index in [9.17, 15) is 4.79 Å². The first kappa shape index (κ1) is 13.6. The zero-order valence-corrected chi connectivity index (χ0v) is 11.8. The van der Waals surface area contributed by atoms with E-state index in [1.165, 1.54) is 5.56 Å². The molecule has 0 unspecified atom stereocenters. The quantitative estimate of drug-likeness (QED) is 0.920. The van der Waals surface area contributed by atoms with Gasteiger partial charge in [0.05, 0.1) is 18.3 Å². The van der Waals surface area contributed by atoms with Crippen LogP contribution in [0.25, 0.3) is 0 Å². The summed E-state index contributed by atoms with van der Waals surface area (Å²) in [6.07, 6.45) is 3.30. The summed E-state index contributed by atoms with van der Waals surface area (Å²) < 4.78 is 5.99. The van der Waals surface area contributed by atoms with E-state index < -0.39 is 5.97 Å². The number of fused-ring (bicyclic) bond motifs is 3. The first-order chi connectivity index (χ1) is 9.70. The van der Waals surface area contributed by atoms with Crippen LogP contribution in [-0.2, 0) is 11.2 Å². The second-order valence-electron chi connectivity index (χ2n) is 5.65. The van der Waals surface area contributed by atoms with Gasteiger partial charge >= 0.3 is 5.97 Å². The van der Waals surface area contributed by atoms with Gasteiger partial charge < -0.3 is 9.84 Å². The summed E-state index contributed by atoms with van der Waals surface area (Å²) in [5.74, 6) is -0.865. The Morgan fingerprint density at radius 2 is 2.35 bits per heavy atom. The number of carbonyl (C=O) groups is 1. The lowest BCUT2D eigenvalue weighted by Gasteiger charge is -2.44. The largest absolute Gasteiger partial charge is 0.478 e. The Labute approximate surface area is 119 Å². The molecule has 108 valence electrons. The summed E-state index contributed by atoms with van der Waals surface area (Å²) in [5, 5.41) is 9.17. The van der Waals surface area contributed by atoms with Crippen molar-refractivity contribution in [2.45, 2.75) is 38.3 Å². The van der Waals surface area contributed by atoms with Crippen LogP contribution >= 0.6 is 0 Å². The molecule has 0 radical (unpaired) electrons. The van der Waals surface area contributed by atoms with Crippen LogP contribution in [0, 0.1) is 0 Å². The predicted octanol–water partition coefficient (Wildman–Crippen LogP) is 2.48. The Bertz CT molecular complexity index is 512. The van der Waals surface area contributed by atoms with Crippen LogP contribution in [0.4, 0.5) is 0 Å². The predicted molar refractivity (Wildman–Crippen MR) is 76.1 cm³/mol. The van der Waals surface area contributed by atoms with Gasteiger partial charge in [0.25, 0.3) is 0 Å². The van der Waals surface area contributed by atoms with Crippen LogP contribution < -0.4 is 0 Å². The lowest BCUT2D eigenvalue weighted by Crippen LogP contribution is -2.49. The third-order valence-corrected chi connectivity index (χ3v) is 4.41. The number of carboxylic acid groups (broad SMARTS) is 1. The fourth-order valence-electron chi connectivity index (χ4n) is 3.49. The highest BCUT2D eigenvalue weighted by atomic mass is 16.5. The topological polar surface area (TPSA) is 49.8 Å². The zero-order chi connectivity index (χ0) is 14.1. The summed E-state index contributed by atoms with van der Waals surface area (Å²) >= 11 is 0. The summed E-state index contributed by atoms with van der Waals surface area (Å²) in [6.45, 7) is 5.02. The zero-order valence-electron chi connectivity index (χ0n) is 11.8. The maximum Gasteiger partial charge on any atom is 0.335 e. The molecule has 4 nitrogen and oxygen atoms in total. The van der Waals surface area contributed by atoms with Gasteiger partial charge in [0.2, 0.25) is 0 Å². The Kier molecular flexibility index (Phi) is 3.76. The third kappa shape index (κ3) is 2.34. The van der Waals surface area contributed by atoms with Gasteiger partial charge in [-0.3, -0.25) is 4.90 Å². The molecule has 1 saturated heterocycles. The van der Waals surface area contributed by atoms with Crippen molar-refractivity contribution in [1.29, 1.82) is 0 Å². The number of ether oxygens (including phenoxy) is 1. The first-order valence-corrected chi connectivity index (χ1v) is 7.42. The Morgan fingerprint density at radius 3 is 3.10 bits per heavy atom. The van der Waals surface area contributed by atoms with Crippen molar-refractivity contribution in [2.24, 2.45) is 0 Å². The molecule has 2 atom stereocenters. The van der Waals surface area contributed by atoms with Crippen LogP contribution in [-0.4, -0.2) is 41.7 Å². The highest BCUT2D eigenvalue weighted by Gasteiger charge is 2.37. The second kappa shape index (κ2) is 5.54. The third-order valence-electron chi connectivity index (χ3n) is 4.41. The van der Waals surface area contributed by atoms with Gasteiger partial charge in [-0.25, -0.2) is 4.79 Å². The highest BCUT2D eigenvalue weighted by molar-refractivity contribution is 5.88. The molecule has 20 heavy (non-hydrogen) atoms. The van der Waals surface area contributed by atoms with Gasteiger partial charge in [-0.2, -0.15) is 0 Å². The SMILES string of the molecule is CCCN1CCO[C@@H]2c3cc(C(=O)O)ccc3CC[C@H]21. The molecule has 1 aromatic rings. The molecule has 1 N–H and O–H groups in total. The molecule has 4 heteroatoms. The molecule has 0 saturated carbocycles.